The van der Waals surface area contributed by atoms with Crippen molar-refractivity contribution in [1.29, 1.82) is 0 Å². The number of Topliss-reactive ketones (excluding diaryl/α,β-unsaturated/α-hetero) is 1. The molecule has 3 aromatic rings. The summed E-state index contributed by atoms with van der Waals surface area (Å²) in [5.74, 6) is 0.321. The standard InChI is InChI=1S/C22H27N3O3S2/c1-6-9-25-20-8-7-17(30(23,27)28)11-19(20)24-22(25)29-12-21(26)18-10-13(2)14(3)15(4)16(18)5/h7-8,10-11H,6,9,12H2,1-5H3,(H2,23,27,28). The molecule has 30 heavy (non-hydrogen) atoms. The Morgan fingerprint density at radius 1 is 1.10 bits per heavy atom. The molecule has 0 saturated carbocycles. The highest BCUT2D eigenvalue weighted by Gasteiger charge is 2.18. The third-order valence-electron chi connectivity index (χ3n) is 5.57. The average molecular weight is 446 g/mol. The van der Waals surface area contributed by atoms with E-state index in [-0.39, 0.29) is 16.4 Å². The van der Waals surface area contributed by atoms with E-state index in [0.717, 1.165) is 40.7 Å². The molecule has 0 spiro atoms. The number of aromatic nitrogens is 2. The molecule has 0 aliphatic rings. The largest absolute Gasteiger partial charge is 0.319 e. The highest BCUT2D eigenvalue weighted by molar-refractivity contribution is 7.99. The van der Waals surface area contributed by atoms with Gasteiger partial charge in [-0.3, -0.25) is 4.79 Å². The summed E-state index contributed by atoms with van der Waals surface area (Å²) in [5.41, 5.74) is 6.63. The molecule has 1 aromatic heterocycles. The van der Waals surface area contributed by atoms with Gasteiger partial charge in [0.1, 0.15) is 0 Å². The molecule has 0 amide bonds. The van der Waals surface area contributed by atoms with Crippen LogP contribution >= 0.6 is 11.8 Å². The number of aryl methyl sites for hydroxylation is 2. The van der Waals surface area contributed by atoms with E-state index in [1.807, 2.05) is 31.4 Å². The van der Waals surface area contributed by atoms with Gasteiger partial charge in [-0.1, -0.05) is 18.7 Å². The van der Waals surface area contributed by atoms with E-state index in [9.17, 15) is 13.2 Å². The minimum atomic E-state index is -3.80. The minimum absolute atomic E-state index is 0.0324. The third kappa shape index (κ3) is 4.31. The Labute approximate surface area is 181 Å². The van der Waals surface area contributed by atoms with E-state index in [1.54, 1.807) is 6.07 Å². The maximum Gasteiger partial charge on any atom is 0.238 e. The number of ketones is 1. The van der Waals surface area contributed by atoms with E-state index in [2.05, 4.69) is 18.8 Å². The first kappa shape index (κ1) is 22.5. The summed E-state index contributed by atoms with van der Waals surface area (Å²) in [6, 6.07) is 6.67. The van der Waals surface area contributed by atoms with Gasteiger partial charge in [0.25, 0.3) is 0 Å². The smallest absolute Gasteiger partial charge is 0.238 e. The summed E-state index contributed by atoms with van der Waals surface area (Å²) >= 11 is 1.38. The number of hydrogen-bond donors (Lipinski definition) is 1. The monoisotopic (exact) mass is 445 g/mol. The van der Waals surface area contributed by atoms with E-state index in [4.69, 9.17) is 5.14 Å². The summed E-state index contributed by atoms with van der Waals surface area (Å²) in [6.45, 7) is 10.9. The molecule has 0 atom stereocenters. The molecule has 3 rings (SSSR count). The summed E-state index contributed by atoms with van der Waals surface area (Å²) in [4.78, 5) is 17.6. The maximum atomic E-state index is 13.0. The predicted octanol–water partition coefficient (Wildman–Crippen LogP) is 4.30. The van der Waals surface area contributed by atoms with Crippen molar-refractivity contribution < 1.29 is 13.2 Å². The molecular weight excluding hydrogens is 418 g/mol. The van der Waals surface area contributed by atoms with Crippen LogP contribution in [0.3, 0.4) is 0 Å². The van der Waals surface area contributed by atoms with E-state index < -0.39 is 10.0 Å². The van der Waals surface area contributed by atoms with Gasteiger partial charge in [0, 0.05) is 12.1 Å². The summed E-state index contributed by atoms with van der Waals surface area (Å²) in [5, 5.41) is 5.95. The molecule has 2 aromatic carbocycles. The van der Waals surface area contributed by atoms with Crippen molar-refractivity contribution in [1.82, 2.24) is 9.55 Å². The summed E-state index contributed by atoms with van der Waals surface area (Å²) in [7, 11) is -3.80. The normalized spacial score (nSPS) is 11.9. The van der Waals surface area contributed by atoms with Crippen LogP contribution in [-0.4, -0.2) is 29.5 Å². The molecule has 0 aliphatic heterocycles. The van der Waals surface area contributed by atoms with Gasteiger partial charge in [-0.25, -0.2) is 18.5 Å². The van der Waals surface area contributed by atoms with Crippen LogP contribution in [0.2, 0.25) is 0 Å². The maximum absolute atomic E-state index is 13.0. The van der Waals surface area contributed by atoms with Gasteiger partial charge in [0.15, 0.2) is 10.9 Å². The second-order valence-corrected chi connectivity index (χ2v) is 10.1. The molecule has 0 bridgehead atoms. The molecule has 0 saturated heterocycles. The van der Waals surface area contributed by atoms with Gasteiger partial charge in [-0.15, -0.1) is 0 Å². The lowest BCUT2D eigenvalue weighted by molar-refractivity contribution is 0.102. The van der Waals surface area contributed by atoms with Crippen LogP contribution in [0.4, 0.5) is 0 Å². The van der Waals surface area contributed by atoms with Crippen molar-refractivity contribution in [2.75, 3.05) is 5.75 Å². The second kappa shape index (κ2) is 8.53. The molecule has 0 radical (unpaired) electrons. The molecule has 0 aliphatic carbocycles. The Hall–Kier alpha value is -2.16. The first-order valence-electron chi connectivity index (χ1n) is 9.81. The highest BCUT2D eigenvalue weighted by Crippen LogP contribution is 2.28. The lowest BCUT2D eigenvalue weighted by Gasteiger charge is -2.13. The fraction of sp³-hybridized carbons (Fsp3) is 0.364. The SMILES string of the molecule is CCCn1c(SCC(=O)c2cc(C)c(C)c(C)c2C)nc2cc(S(N)(=O)=O)ccc21. The number of rotatable bonds is 7. The number of hydrogen-bond acceptors (Lipinski definition) is 5. The van der Waals surface area contributed by atoms with Gasteiger partial charge in [-0.2, -0.15) is 0 Å². The number of nitrogens with zero attached hydrogens (tertiary/aromatic N) is 2. The molecule has 0 fully saturated rings. The fourth-order valence-corrected chi connectivity index (χ4v) is 4.98. The van der Waals surface area contributed by atoms with Crippen LogP contribution in [0.25, 0.3) is 11.0 Å². The van der Waals surface area contributed by atoms with Gasteiger partial charge in [0.05, 0.1) is 21.7 Å². The number of imidazole rings is 1. The Morgan fingerprint density at radius 3 is 2.43 bits per heavy atom. The number of fused-ring (bicyclic) bond motifs is 1. The number of carbonyl (C=O) groups excluding carboxylic acids is 1. The van der Waals surface area contributed by atoms with Crippen LogP contribution in [0.5, 0.6) is 0 Å². The van der Waals surface area contributed by atoms with Crippen molar-refractivity contribution in [3.05, 3.63) is 52.1 Å². The number of thioether (sulfide) groups is 1. The molecule has 8 heteroatoms. The van der Waals surface area contributed by atoms with Crippen molar-refractivity contribution >= 4 is 38.6 Å². The molecule has 160 valence electrons. The molecule has 1 heterocycles. The third-order valence-corrected chi connectivity index (χ3v) is 7.46. The molecule has 2 N–H and O–H groups in total. The Bertz CT molecular complexity index is 1240. The number of nitrogens with two attached hydrogens (primary N) is 1. The van der Waals surface area contributed by atoms with Gasteiger partial charge in [0.2, 0.25) is 10.0 Å². The van der Waals surface area contributed by atoms with E-state index in [1.165, 1.54) is 29.5 Å². The topological polar surface area (TPSA) is 95.0 Å². The number of sulfonamides is 1. The van der Waals surface area contributed by atoms with Gasteiger partial charge in [-0.05, 0) is 80.6 Å². The molecule has 0 unspecified atom stereocenters. The fourth-order valence-electron chi connectivity index (χ4n) is 3.52. The highest BCUT2D eigenvalue weighted by atomic mass is 32.2. The number of carbonyl (C=O) groups is 1. The van der Waals surface area contributed by atoms with Crippen molar-refractivity contribution in [2.24, 2.45) is 5.14 Å². The molecule has 6 nitrogen and oxygen atoms in total. The van der Waals surface area contributed by atoms with Crippen LogP contribution in [0.15, 0.2) is 34.3 Å². The van der Waals surface area contributed by atoms with E-state index in [0.29, 0.717) is 10.7 Å². The zero-order valence-corrected chi connectivity index (χ0v) is 19.6. The second-order valence-electron chi connectivity index (χ2n) is 7.57. The Balaban J connectivity index is 1.94. The zero-order valence-electron chi connectivity index (χ0n) is 17.9. The van der Waals surface area contributed by atoms with E-state index >= 15 is 0 Å². The summed E-state index contributed by atoms with van der Waals surface area (Å²) < 4.78 is 25.4. The lowest BCUT2D eigenvalue weighted by atomic mass is 9.93. The van der Waals surface area contributed by atoms with Crippen LogP contribution in [0.1, 0.15) is 46.0 Å². The first-order chi connectivity index (χ1) is 14.0. The predicted molar refractivity (Wildman–Crippen MR) is 122 cm³/mol. The van der Waals surface area contributed by atoms with Crippen molar-refractivity contribution in [3.63, 3.8) is 0 Å². The van der Waals surface area contributed by atoms with Crippen LogP contribution in [-0.2, 0) is 16.6 Å². The number of primary sulfonamides is 1. The van der Waals surface area contributed by atoms with Crippen LogP contribution in [0, 0.1) is 27.7 Å². The average Bonchev–Trinajstić information content (AvgIpc) is 3.03. The Morgan fingerprint density at radius 2 is 1.80 bits per heavy atom. The zero-order chi connectivity index (χ0) is 22.2. The van der Waals surface area contributed by atoms with Crippen molar-refractivity contribution in [2.45, 2.75) is 57.6 Å². The summed E-state index contributed by atoms with van der Waals surface area (Å²) in [6.07, 6.45) is 0.888. The Kier molecular flexibility index (Phi) is 6.40. The van der Waals surface area contributed by atoms with Gasteiger partial charge >= 0.3 is 0 Å². The first-order valence-corrected chi connectivity index (χ1v) is 12.3. The van der Waals surface area contributed by atoms with Crippen molar-refractivity contribution in [3.8, 4) is 0 Å². The minimum Gasteiger partial charge on any atom is -0.319 e. The number of benzene rings is 2. The van der Waals surface area contributed by atoms with Gasteiger partial charge < -0.3 is 4.57 Å². The lowest BCUT2D eigenvalue weighted by Crippen LogP contribution is -2.11. The van der Waals surface area contributed by atoms with Crippen LogP contribution < -0.4 is 5.14 Å². The quantitative estimate of drug-likeness (QED) is 0.432. The molecular formula is C22H27N3O3S2.